The second-order valence-electron chi connectivity index (χ2n) is 5.84. The molecular formula is C18H23N3. The summed E-state index contributed by atoms with van der Waals surface area (Å²) in [6, 6.07) is 15.1. The fourth-order valence-corrected chi connectivity index (χ4v) is 3.40. The molecule has 0 amide bonds. The number of aryl methyl sites for hydroxylation is 2. The first-order chi connectivity index (χ1) is 10.4. The summed E-state index contributed by atoms with van der Waals surface area (Å²) in [5.41, 5.74) is 7.06. The summed E-state index contributed by atoms with van der Waals surface area (Å²) in [5, 5.41) is 0. The number of nitrogens with two attached hydrogens (primary N) is 1. The lowest BCUT2D eigenvalue weighted by Gasteiger charge is -2.31. The molecular weight excluding hydrogens is 258 g/mol. The van der Waals surface area contributed by atoms with Gasteiger partial charge in [0.25, 0.3) is 0 Å². The molecule has 0 bridgehead atoms. The quantitative estimate of drug-likeness (QED) is 0.654. The van der Waals surface area contributed by atoms with Crippen LogP contribution in [0.25, 0.3) is 0 Å². The Balaban J connectivity index is 1.72. The van der Waals surface area contributed by atoms with Crippen LogP contribution in [0.15, 0.2) is 48.7 Å². The van der Waals surface area contributed by atoms with Crippen LogP contribution in [0.2, 0.25) is 0 Å². The zero-order chi connectivity index (χ0) is 14.5. The van der Waals surface area contributed by atoms with Gasteiger partial charge in [-0.3, -0.25) is 16.3 Å². The summed E-state index contributed by atoms with van der Waals surface area (Å²) in [6.45, 7) is 0. The van der Waals surface area contributed by atoms with Crippen LogP contribution in [-0.4, -0.2) is 11.0 Å². The van der Waals surface area contributed by atoms with Crippen LogP contribution in [-0.2, 0) is 12.8 Å². The Morgan fingerprint density at radius 1 is 1.19 bits per heavy atom. The lowest BCUT2D eigenvalue weighted by atomic mass is 9.80. The zero-order valence-corrected chi connectivity index (χ0v) is 12.3. The first-order valence-corrected chi connectivity index (χ1v) is 7.82. The lowest BCUT2D eigenvalue weighted by molar-refractivity contribution is 0.371. The normalized spacial score (nSPS) is 19.0. The number of hydrogen-bond donors (Lipinski definition) is 2. The molecule has 0 fully saturated rings. The van der Waals surface area contributed by atoms with E-state index in [2.05, 4.69) is 46.8 Å². The summed E-state index contributed by atoms with van der Waals surface area (Å²) < 4.78 is 0. The highest BCUT2D eigenvalue weighted by atomic mass is 15.2. The largest absolute Gasteiger partial charge is 0.271 e. The first kappa shape index (κ1) is 14.2. The van der Waals surface area contributed by atoms with Gasteiger partial charge >= 0.3 is 0 Å². The van der Waals surface area contributed by atoms with Crippen LogP contribution in [0, 0.1) is 0 Å². The number of hydrogen-bond acceptors (Lipinski definition) is 3. The SMILES string of the molecule is NNC(CCc1ccccc1)C1CCCc2cccnc21. The number of rotatable bonds is 5. The van der Waals surface area contributed by atoms with E-state index in [1.54, 1.807) is 0 Å². The van der Waals surface area contributed by atoms with Crippen LogP contribution < -0.4 is 11.3 Å². The predicted molar refractivity (Wildman–Crippen MR) is 85.8 cm³/mol. The van der Waals surface area contributed by atoms with E-state index in [0.717, 1.165) is 19.3 Å². The van der Waals surface area contributed by atoms with Crippen LogP contribution in [0.3, 0.4) is 0 Å². The molecule has 2 atom stereocenters. The average Bonchev–Trinajstić information content (AvgIpc) is 2.56. The van der Waals surface area contributed by atoms with Crippen molar-refractivity contribution in [2.45, 2.75) is 44.1 Å². The summed E-state index contributed by atoms with van der Waals surface area (Å²) in [7, 11) is 0. The van der Waals surface area contributed by atoms with Crippen LogP contribution in [0.5, 0.6) is 0 Å². The van der Waals surface area contributed by atoms with E-state index in [1.807, 2.05) is 12.3 Å². The molecule has 1 heterocycles. The smallest absolute Gasteiger partial charge is 0.0482 e. The maximum atomic E-state index is 5.85. The number of nitrogens with one attached hydrogen (secondary N) is 1. The Bertz CT molecular complexity index is 568. The first-order valence-electron chi connectivity index (χ1n) is 7.82. The van der Waals surface area contributed by atoms with Crippen molar-refractivity contribution in [2.24, 2.45) is 5.84 Å². The Morgan fingerprint density at radius 2 is 2.05 bits per heavy atom. The number of pyridine rings is 1. The maximum absolute atomic E-state index is 5.85. The molecule has 1 aromatic heterocycles. The molecule has 3 rings (SSSR count). The van der Waals surface area contributed by atoms with E-state index in [-0.39, 0.29) is 0 Å². The van der Waals surface area contributed by atoms with Crippen LogP contribution in [0.4, 0.5) is 0 Å². The van der Waals surface area contributed by atoms with E-state index in [0.29, 0.717) is 12.0 Å². The molecule has 21 heavy (non-hydrogen) atoms. The number of fused-ring (bicyclic) bond motifs is 1. The van der Waals surface area contributed by atoms with Gasteiger partial charge in [0, 0.05) is 23.9 Å². The van der Waals surface area contributed by atoms with Crippen molar-refractivity contribution in [1.82, 2.24) is 10.4 Å². The number of hydrazine groups is 1. The molecule has 0 radical (unpaired) electrons. The summed E-state index contributed by atoms with van der Waals surface area (Å²) in [5.74, 6) is 6.28. The molecule has 3 nitrogen and oxygen atoms in total. The van der Waals surface area contributed by atoms with Crippen molar-refractivity contribution in [3.05, 3.63) is 65.5 Å². The minimum Gasteiger partial charge on any atom is -0.271 e. The Hall–Kier alpha value is -1.71. The predicted octanol–water partition coefficient (Wildman–Crippen LogP) is 2.97. The molecule has 1 aliphatic rings. The fraction of sp³-hybridized carbons (Fsp3) is 0.389. The molecule has 0 saturated heterocycles. The van der Waals surface area contributed by atoms with E-state index in [1.165, 1.54) is 29.7 Å². The highest BCUT2D eigenvalue weighted by molar-refractivity contribution is 5.27. The van der Waals surface area contributed by atoms with Crippen molar-refractivity contribution in [2.75, 3.05) is 0 Å². The standard InChI is InChI=1S/C18H23N3/c19-21-17(12-11-14-6-2-1-3-7-14)16-10-4-8-15-9-5-13-20-18(15)16/h1-3,5-7,9,13,16-17,21H,4,8,10-12,19H2. The number of aromatic nitrogens is 1. The van der Waals surface area contributed by atoms with Gasteiger partial charge in [0.05, 0.1) is 0 Å². The van der Waals surface area contributed by atoms with Gasteiger partial charge in [0.2, 0.25) is 0 Å². The summed E-state index contributed by atoms with van der Waals surface area (Å²) in [6.07, 6.45) is 7.55. The lowest BCUT2D eigenvalue weighted by Crippen LogP contribution is -2.41. The number of benzene rings is 1. The molecule has 3 heteroatoms. The van der Waals surface area contributed by atoms with Gasteiger partial charge in [-0.05, 0) is 49.3 Å². The second-order valence-corrected chi connectivity index (χ2v) is 5.84. The van der Waals surface area contributed by atoms with E-state index in [9.17, 15) is 0 Å². The third-order valence-electron chi connectivity index (χ3n) is 4.53. The van der Waals surface area contributed by atoms with E-state index < -0.39 is 0 Å². The van der Waals surface area contributed by atoms with Gasteiger partial charge in [-0.15, -0.1) is 0 Å². The van der Waals surface area contributed by atoms with Crippen molar-refractivity contribution < 1.29 is 0 Å². The third kappa shape index (κ3) is 3.31. The highest BCUT2D eigenvalue weighted by Gasteiger charge is 2.28. The molecule has 110 valence electrons. The molecule has 0 spiro atoms. The molecule has 0 saturated carbocycles. The highest BCUT2D eigenvalue weighted by Crippen LogP contribution is 2.33. The average molecular weight is 281 g/mol. The van der Waals surface area contributed by atoms with Crippen molar-refractivity contribution in [3.8, 4) is 0 Å². The topological polar surface area (TPSA) is 50.9 Å². The second kappa shape index (κ2) is 6.83. The Kier molecular flexibility index (Phi) is 4.63. The molecule has 3 N–H and O–H groups in total. The van der Waals surface area contributed by atoms with Gasteiger partial charge in [0.1, 0.15) is 0 Å². The van der Waals surface area contributed by atoms with Gasteiger partial charge in [-0.25, -0.2) is 0 Å². The Morgan fingerprint density at radius 3 is 2.86 bits per heavy atom. The van der Waals surface area contributed by atoms with Gasteiger partial charge < -0.3 is 0 Å². The van der Waals surface area contributed by atoms with Crippen molar-refractivity contribution in [3.63, 3.8) is 0 Å². The Labute approximate surface area is 126 Å². The monoisotopic (exact) mass is 281 g/mol. The maximum Gasteiger partial charge on any atom is 0.0482 e. The number of nitrogens with zero attached hydrogens (tertiary/aromatic N) is 1. The van der Waals surface area contributed by atoms with Crippen LogP contribution in [0.1, 0.15) is 42.0 Å². The molecule has 0 aliphatic heterocycles. The minimum absolute atomic E-state index is 0.291. The molecule has 1 aliphatic carbocycles. The third-order valence-corrected chi connectivity index (χ3v) is 4.53. The molecule has 2 unspecified atom stereocenters. The minimum atomic E-state index is 0.291. The van der Waals surface area contributed by atoms with E-state index >= 15 is 0 Å². The van der Waals surface area contributed by atoms with E-state index in [4.69, 9.17) is 5.84 Å². The van der Waals surface area contributed by atoms with Crippen molar-refractivity contribution >= 4 is 0 Å². The van der Waals surface area contributed by atoms with Crippen LogP contribution >= 0.6 is 0 Å². The van der Waals surface area contributed by atoms with Gasteiger partial charge in [-0.2, -0.15) is 0 Å². The molecule has 1 aromatic carbocycles. The summed E-state index contributed by atoms with van der Waals surface area (Å²) >= 11 is 0. The fourth-order valence-electron chi connectivity index (χ4n) is 3.40. The summed E-state index contributed by atoms with van der Waals surface area (Å²) in [4.78, 5) is 4.63. The molecule has 2 aromatic rings. The van der Waals surface area contributed by atoms with Gasteiger partial charge in [0.15, 0.2) is 0 Å². The van der Waals surface area contributed by atoms with Crippen molar-refractivity contribution in [1.29, 1.82) is 0 Å². The zero-order valence-electron chi connectivity index (χ0n) is 12.3. The van der Waals surface area contributed by atoms with Gasteiger partial charge in [-0.1, -0.05) is 36.4 Å².